The lowest BCUT2D eigenvalue weighted by atomic mass is 10.0. The second-order valence-electron chi connectivity index (χ2n) is 7.97. The fourth-order valence-corrected chi connectivity index (χ4v) is 2.93. The van der Waals surface area contributed by atoms with Crippen molar-refractivity contribution in [2.75, 3.05) is 0 Å². The van der Waals surface area contributed by atoms with Crippen LogP contribution in [0.1, 0.15) is 46.5 Å². The number of carbonyl (C=O) groups excluding carboxylic acids is 2. The van der Waals surface area contributed by atoms with Crippen molar-refractivity contribution in [3.05, 3.63) is 84.6 Å². The number of nitrogens with one attached hydrogen (secondary N) is 1. The highest BCUT2D eigenvalue weighted by Crippen LogP contribution is 2.08. The van der Waals surface area contributed by atoms with Crippen molar-refractivity contribution in [3.8, 4) is 0 Å². The molecule has 4 atom stereocenters. The predicted molar refractivity (Wildman–Crippen MR) is 131 cm³/mol. The zero-order valence-corrected chi connectivity index (χ0v) is 19.4. The van der Waals surface area contributed by atoms with Gasteiger partial charge in [0.1, 0.15) is 12.2 Å². The summed E-state index contributed by atoms with van der Waals surface area (Å²) < 4.78 is 0. The van der Waals surface area contributed by atoms with Crippen molar-refractivity contribution in [1.29, 1.82) is 0 Å². The summed E-state index contributed by atoms with van der Waals surface area (Å²) in [6.07, 6.45) is 23.0. The van der Waals surface area contributed by atoms with Gasteiger partial charge < -0.3 is 15.5 Å². The molecule has 0 spiro atoms. The van der Waals surface area contributed by atoms with Gasteiger partial charge in [-0.3, -0.25) is 9.59 Å². The number of ketones is 1. The minimum absolute atomic E-state index is 0.0176. The Labute approximate surface area is 192 Å². The summed E-state index contributed by atoms with van der Waals surface area (Å²) in [7, 11) is 0. The molecule has 0 saturated heterocycles. The number of hydrogen-bond acceptors (Lipinski definition) is 4. The molecule has 1 heterocycles. The van der Waals surface area contributed by atoms with Crippen LogP contribution in [0.2, 0.25) is 0 Å². The lowest BCUT2D eigenvalue weighted by Gasteiger charge is -2.14. The van der Waals surface area contributed by atoms with Crippen LogP contribution in [0.3, 0.4) is 0 Å². The summed E-state index contributed by atoms with van der Waals surface area (Å²) >= 11 is 0. The summed E-state index contributed by atoms with van der Waals surface area (Å²) in [5, 5.41) is 23.0. The number of unbranched alkanes of at least 4 members (excludes halogenated alkanes) is 1. The third kappa shape index (κ3) is 12.8. The van der Waals surface area contributed by atoms with Crippen LogP contribution in [0.4, 0.5) is 0 Å². The first kappa shape index (κ1) is 27.3. The van der Waals surface area contributed by atoms with E-state index < -0.39 is 12.2 Å². The minimum Gasteiger partial charge on any atom is -0.386 e. The second-order valence-corrected chi connectivity index (χ2v) is 7.97. The van der Waals surface area contributed by atoms with E-state index in [9.17, 15) is 19.8 Å². The molecule has 1 aliphatic heterocycles. The normalized spacial score (nSPS) is 29.3. The first-order valence-corrected chi connectivity index (χ1v) is 11.2. The maximum atomic E-state index is 12.4. The number of aliphatic hydroxyl groups excluding tert-OH is 2. The Kier molecular flexibility index (Phi) is 13.6. The van der Waals surface area contributed by atoms with Gasteiger partial charge in [0, 0.05) is 18.5 Å². The van der Waals surface area contributed by atoms with Crippen molar-refractivity contribution in [1.82, 2.24) is 5.32 Å². The maximum Gasteiger partial charge on any atom is 0.244 e. The first-order chi connectivity index (χ1) is 15.3. The number of aliphatic hydroxyl groups is 2. The average Bonchev–Trinajstić information content (AvgIpc) is 2.74. The SMILES string of the molecule is CCCC=CCC1CC(=O)/C=C/C(C)/C=C/C=C\C(O)C(O)C=C(C)C=CC=CC(=O)N1. The van der Waals surface area contributed by atoms with Crippen molar-refractivity contribution in [3.63, 3.8) is 0 Å². The van der Waals surface area contributed by atoms with Crippen LogP contribution in [0, 0.1) is 5.92 Å². The van der Waals surface area contributed by atoms with Crippen LogP contribution in [-0.2, 0) is 9.59 Å². The Bertz CT molecular complexity index is 798. The van der Waals surface area contributed by atoms with E-state index >= 15 is 0 Å². The third-order valence-corrected chi connectivity index (χ3v) is 4.76. The number of rotatable bonds is 4. The molecule has 174 valence electrons. The zero-order chi connectivity index (χ0) is 23.8. The van der Waals surface area contributed by atoms with Crippen LogP contribution in [0.5, 0.6) is 0 Å². The van der Waals surface area contributed by atoms with Crippen LogP contribution >= 0.6 is 0 Å². The Balaban J connectivity index is 3.04. The Morgan fingerprint density at radius 2 is 1.69 bits per heavy atom. The molecule has 5 nitrogen and oxygen atoms in total. The van der Waals surface area contributed by atoms with Crippen LogP contribution in [0.15, 0.2) is 84.6 Å². The van der Waals surface area contributed by atoms with Gasteiger partial charge in [0.25, 0.3) is 0 Å². The van der Waals surface area contributed by atoms with Gasteiger partial charge in [-0.05, 0) is 31.8 Å². The van der Waals surface area contributed by atoms with Gasteiger partial charge in [0.2, 0.25) is 5.91 Å². The van der Waals surface area contributed by atoms with Crippen molar-refractivity contribution in [2.45, 2.75) is 64.7 Å². The van der Waals surface area contributed by atoms with Gasteiger partial charge in [-0.1, -0.05) is 92.7 Å². The summed E-state index contributed by atoms with van der Waals surface area (Å²) in [5.41, 5.74) is 0.753. The summed E-state index contributed by atoms with van der Waals surface area (Å²) in [4.78, 5) is 24.7. The monoisotopic (exact) mass is 439 g/mol. The lowest BCUT2D eigenvalue weighted by molar-refractivity contribution is -0.118. The highest BCUT2D eigenvalue weighted by atomic mass is 16.3. The summed E-state index contributed by atoms with van der Waals surface area (Å²) in [5.74, 6) is -0.301. The molecule has 1 amide bonds. The van der Waals surface area contributed by atoms with Crippen molar-refractivity contribution in [2.24, 2.45) is 5.92 Å². The smallest absolute Gasteiger partial charge is 0.244 e. The number of hydrogen-bond donors (Lipinski definition) is 3. The number of amides is 1. The predicted octanol–water partition coefficient (Wildman–Crippen LogP) is 4.28. The molecule has 0 aromatic rings. The van der Waals surface area contributed by atoms with E-state index in [1.165, 1.54) is 12.2 Å². The first-order valence-electron chi connectivity index (χ1n) is 11.2. The molecule has 0 aliphatic carbocycles. The van der Waals surface area contributed by atoms with Gasteiger partial charge in [-0.15, -0.1) is 0 Å². The minimum atomic E-state index is -1.04. The number of carbonyl (C=O) groups is 2. The fourth-order valence-electron chi connectivity index (χ4n) is 2.93. The van der Waals surface area contributed by atoms with E-state index in [-0.39, 0.29) is 30.1 Å². The molecule has 5 heteroatoms. The molecule has 3 N–H and O–H groups in total. The van der Waals surface area contributed by atoms with E-state index in [1.807, 2.05) is 19.1 Å². The summed E-state index contributed by atoms with van der Waals surface area (Å²) in [6.45, 7) is 5.85. The molecular weight excluding hydrogens is 402 g/mol. The van der Waals surface area contributed by atoms with Gasteiger partial charge in [0.15, 0.2) is 5.78 Å². The van der Waals surface area contributed by atoms with E-state index in [0.717, 1.165) is 18.4 Å². The molecular formula is C27H37NO4. The van der Waals surface area contributed by atoms with Gasteiger partial charge >= 0.3 is 0 Å². The largest absolute Gasteiger partial charge is 0.386 e. The lowest BCUT2D eigenvalue weighted by Crippen LogP contribution is -2.34. The quantitative estimate of drug-likeness (QED) is 0.571. The molecule has 1 aliphatic rings. The van der Waals surface area contributed by atoms with Gasteiger partial charge in [-0.2, -0.15) is 0 Å². The second kappa shape index (κ2) is 16.0. The van der Waals surface area contributed by atoms with E-state index in [0.29, 0.717) is 6.42 Å². The van der Waals surface area contributed by atoms with E-state index in [2.05, 4.69) is 18.3 Å². The topological polar surface area (TPSA) is 86.6 Å². The molecule has 0 bridgehead atoms. The molecule has 0 saturated carbocycles. The average molecular weight is 440 g/mol. The molecule has 0 aromatic carbocycles. The molecule has 1 rings (SSSR count). The standard InChI is InChI=1S/C27H37NO4/c1-4-5-6-7-14-23-20-24(29)18-17-21(2)12-8-10-15-25(30)26(31)19-22(3)13-9-11-16-27(32)28-23/h6-13,15-19,21,23,25-26,30-31H,4-5,14,20H2,1-3H3,(H,28,32)/b7-6?,12-8+,13-9?,15-10-,16-11?,18-17+,22-19?. The van der Waals surface area contributed by atoms with E-state index in [1.54, 1.807) is 55.5 Å². The molecule has 0 fully saturated rings. The van der Waals surface area contributed by atoms with Gasteiger partial charge in [-0.25, -0.2) is 0 Å². The Hall–Kier alpha value is -2.76. The van der Waals surface area contributed by atoms with Crippen LogP contribution < -0.4 is 5.32 Å². The van der Waals surface area contributed by atoms with Crippen LogP contribution in [0.25, 0.3) is 0 Å². The van der Waals surface area contributed by atoms with Gasteiger partial charge in [0.05, 0.1) is 0 Å². The summed E-state index contributed by atoms with van der Waals surface area (Å²) in [6, 6.07) is -0.279. The van der Waals surface area contributed by atoms with Crippen molar-refractivity contribution >= 4 is 11.7 Å². The maximum absolute atomic E-state index is 12.4. The molecule has 0 radical (unpaired) electrons. The zero-order valence-electron chi connectivity index (χ0n) is 19.4. The molecule has 32 heavy (non-hydrogen) atoms. The fraction of sp³-hybridized carbons (Fsp3) is 0.407. The molecule has 0 aromatic heterocycles. The van der Waals surface area contributed by atoms with E-state index in [4.69, 9.17) is 0 Å². The molecule has 4 unspecified atom stereocenters. The highest BCUT2D eigenvalue weighted by molar-refractivity contribution is 5.92. The van der Waals surface area contributed by atoms with Crippen molar-refractivity contribution < 1.29 is 19.8 Å². The highest BCUT2D eigenvalue weighted by Gasteiger charge is 2.13. The van der Waals surface area contributed by atoms with Crippen LogP contribution in [-0.4, -0.2) is 40.2 Å². The Morgan fingerprint density at radius 1 is 0.969 bits per heavy atom. The third-order valence-electron chi connectivity index (χ3n) is 4.76. The number of allylic oxidation sites excluding steroid dienone is 10. The Morgan fingerprint density at radius 3 is 2.44 bits per heavy atom.